The first-order valence-electron chi connectivity index (χ1n) is 10.2. The molecule has 0 spiro atoms. The smallest absolute Gasteiger partial charge is 0.243 e. The van der Waals surface area contributed by atoms with Crippen LogP contribution in [0.15, 0.2) is 6.07 Å². The van der Waals surface area contributed by atoms with Crippen molar-refractivity contribution in [3.05, 3.63) is 34.4 Å². The molecule has 1 aliphatic carbocycles. The Bertz CT molecular complexity index is 967. The van der Waals surface area contributed by atoms with Gasteiger partial charge in [-0.1, -0.05) is 0 Å². The molecule has 2 saturated heterocycles. The van der Waals surface area contributed by atoms with E-state index in [0.717, 1.165) is 19.5 Å². The number of ketones is 1. The highest BCUT2D eigenvalue weighted by atomic mass is 19.2. The van der Waals surface area contributed by atoms with E-state index in [4.69, 9.17) is 0 Å². The molecule has 5 rings (SSSR count). The summed E-state index contributed by atoms with van der Waals surface area (Å²) >= 11 is 0. The molecule has 0 radical (unpaired) electrons. The Morgan fingerprint density at radius 3 is 2.57 bits per heavy atom. The van der Waals surface area contributed by atoms with Gasteiger partial charge in [0, 0.05) is 18.5 Å². The van der Waals surface area contributed by atoms with Gasteiger partial charge in [-0.25, -0.2) is 8.78 Å². The Morgan fingerprint density at radius 2 is 1.93 bits per heavy atom. The molecule has 3 fully saturated rings. The molecule has 4 aliphatic rings. The number of piperidine rings is 3. The molecule has 2 amide bonds. The number of hydrogen-bond donors (Lipinski definition) is 2. The van der Waals surface area contributed by atoms with E-state index < -0.39 is 41.3 Å². The standard InChI is InChI=1S/C21H21F2N3O4/c22-13-4-11(17-9-3-10(17)6-24-5-9)12-7-26(14-1-2-16(29)25-21(14)30)20(15(28)8-27)18(12)19(13)23/h4,8-10,14,17,20,24H,1-3,5-7H2,(H,25,29,30). The molecule has 9 heteroatoms. The number of nitrogens with zero attached hydrogens (tertiary/aromatic N) is 1. The maximum atomic E-state index is 15.0. The number of nitrogens with one attached hydrogen (secondary N) is 2. The molecule has 2 N–H and O–H groups in total. The molecule has 0 aromatic heterocycles. The minimum atomic E-state index is -1.37. The van der Waals surface area contributed by atoms with Crippen molar-refractivity contribution in [1.82, 2.24) is 15.5 Å². The van der Waals surface area contributed by atoms with Crippen LogP contribution < -0.4 is 10.6 Å². The normalized spacial score (nSPS) is 32.9. The van der Waals surface area contributed by atoms with Gasteiger partial charge in [-0.2, -0.15) is 0 Å². The van der Waals surface area contributed by atoms with Crippen molar-refractivity contribution in [2.75, 3.05) is 13.1 Å². The summed E-state index contributed by atoms with van der Waals surface area (Å²) in [6.45, 7) is 1.65. The molecule has 158 valence electrons. The summed E-state index contributed by atoms with van der Waals surface area (Å²) in [5.74, 6) is -3.45. The Kier molecular flexibility index (Phi) is 4.55. The summed E-state index contributed by atoms with van der Waals surface area (Å²) in [5, 5.41) is 5.55. The van der Waals surface area contributed by atoms with E-state index in [9.17, 15) is 28.0 Å². The summed E-state index contributed by atoms with van der Waals surface area (Å²) < 4.78 is 29.6. The fourth-order valence-corrected chi connectivity index (χ4v) is 5.81. The predicted molar refractivity (Wildman–Crippen MR) is 99.1 cm³/mol. The first kappa shape index (κ1) is 19.4. The van der Waals surface area contributed by atoms with Crippen molar-refractivity contribution in [3.63, 3.8) is 0 Å². The van der Waals surface area contributed by atoms with Crippen molar-refractivity contribution in [1.29, 1.82) is 0 Å². The highest BCUT2D eigenvalue weighted by Gasteiger charge is 2.50. The van der Waals surface area contributed by atoms with E-state index in [1.807, 2.05) is 0 Å². The van der Waals surface area contributed by atoms with E-state index >= 15 is 0 Å². The van der Waals surface area contributed by atoms with Crippen molar-refractivity contribution in [3.8, 4) is 0 Å². The summed E-state index contributed by atoms with van der Waals surface area (Å²) in [6, 6.07) is -1.02. The molecule has 3 aliphatic heterocycles. The molecule has 30 heavy (non-hydrogen) atoms. The highest BCUT2D eigenvalue weighted by Crippen LogP contribution is 2.53. The van der Waals surface area contributed by atoms with Crippen molar-refractivity contribution >= 4 is 23.9 Å². The predicted octanol–water partition coefficient (Wildman–Crippen LogP) is 0.718. The van der Waals surface area contributed by atoms with E-state index in [2.05, 4.69) is 10.6 Å². The minimum absolute atomic E-state index is 0.0573. The monoisotopic (exact) mass is 417 g/mol. The second-order valence-electron chi connectivity index (χ2n) is 8.66. The zero-order valence-corrected chi connectivity index (χ0v) is 16.1. The molecular weight excluding hydrogens is 396 g/mol. The van der Waals surface area contributed by atoms with Gasteiger partial charge in [-0.3, -0.25) is 29.4 Å². The van der Waals surface area contributed by atoms with Gasteiger partial charge < -0.3 is 5.32 Å². The lowest BCUT2D eigenvalue weighted by molar-refractivity contribution is -0.141. The van der Waals surface area contributed by atoms with Gasteiger partial charge in [0.05, 0.1) is 6.04 Å². The fourth-order valence-electron chi connectivity index (χ4n) is 5.81. The first-order chi connectivity index (χ1) is 14.4. The van der Waals surface area contributed by atoms with Crippen molar-refractivity contribution in [2.24, 2.45) is 11.8 Å². The van der Waals surface area contributed by atoms with Crippen molar-refractivity contribution < 1.29 is 28.0 Å². The molecule has 4 atom stereocenters. The van der Waals surface area contributed by atoms with Crippen LogP contribution in [0.4, 0.5) is 8.78 Å². The summed E-state index contributed by atoms with van der Waals surface area (Å²) in [6.07, 6.45) is 1.33. The first-order valence-corrected chi connectivity index (χ1v) is 10.2. The lowest BCUT2D eigenvalue weighted by atomic mass is 9.59. The van der Waals surface area contributed by atoms with Gasteiger partial charge in [0.15, 0.2) is 17.9 Å². The van der Waals surface area contributed by atoms with Crippen LogP contribution in [0, 0.1) is 23.5 Å². The molecule has 3 heterocycles. The number of halogens is 2. The minimum Gasteiger partial charge on any atom is -0.316 e. The average molecular weight is 417 g/mol. The van der Waals surface area contributed by atoms with E-state index in [0.29, 0.717) is 23.0 Å². The topological polar surface area (TPSA) is 95.6 Å². The van der Waals surface area contributed by atoms with Crippen LogP contribution in [-0.2, 0) is 25.7 Å². The molecule has 4 unspecified atom stereocenters. The van der Waals surface area contributed by atoms with Gasteiger partial charge in [-0.15, -0.1) is 0 Å². The van der Waals surface area contributed by atoms with E-state index in [-0.39, 0.29) is 37.2 Å². The van der Waals surface area contributed by atoms with Crippen LogP contribution in [0.25, 0.3) is 0 Å². The maximum absolute atomic E-state index is 15.0. The Morgan fingerprint density at radius 1 is 1.20 bits per heavy atom. The Labute approximate surface area is 171 Å². The van der Waals surface area contributed by atoms with Crippen LogP contribution >= 0.6 is 0 Å². The maximum Gasteiger partial charge on any atom is 0.243 e. The molecule has 1 saturated carbocycles. The van der Waals surface area contributed by atoms with Gasteiger partial charge in [0.1, 0.15) is 6.04 Å². The number of carbonyl (C=O) groups excluding carboxylic acids is 4. The SMILES string of the molecule is O=CC(=O)C1c2c(F)c(F)cc(C3C4CNCC3C4)c2CN1C1CCC(=O)NC1=O. The largest absolute Gasteiger partial charge is 0.316 e. The highest BCUT2D eigenvalue weighted by molar-refractivity contribution is 6.27. The van der Waals surface area contributed by atoms with Gasteiger partial charge >= 0.3 is 0 Å². The lowest BCUT2D eigenvalue weighted by Gasteiger charge is -2.50. The average Bonchev–Trinajstić information content (AvgIpc) is 3.12. The van der Waals surface area contributed by atoms with Gasteiger partial charge in [-0.05, 0) is 60.9 Å². The summed E-state index contributed by atoms with van der Waals surface area (Å²) in [4.78, 5) is 49.3. The van der Waals surface area contributed by atoms with E-state index in [1.54, 1.807) is 0 Å². The molecule has 1 aromatic rings. The molecule has 7 nitrogen and oxygen atoms in total. The molecule has 1 aromatic carbocycles. The number of imide groups is 1. The molecule has 2 bridgehead atoms. The zero-order valence-electron chi connectivity index (χ0n) is 16.1. The quantitative estimate of drug-likeness (QED) is 0.426. The lowest BCUT2D eigenvalue weighted by Crippen LogP contribution is -2.53. The van der Waals surface area contributed by atoms with Gasteiger partial charge in [0.2, 0.25) is 17.6 Å². The second kappa shape index (κ2) is 7.02. The third kappa shape index (κ3) is 2.75. The zero-order chi connectivity index (χ0) is 21.2. The third-order valence-corrected chi connectivity index (χ3v) is 7.14. The van der Waals surface area contributed by atoms with Gasteiger partial charge in [0.25, 0.3) is 0 Å². The Hall–Kier alpha value is -2.52. The summed E-state index contributed by atoms with van der Waals surface area (Å²) in [7, 11) is 0. The number of carbonyl (C=O) groups is 4. The van der Waals surface area contributed by atoms with Crippen LogP contribution in [0.2, 0.25) is 0 Å². The van der Waals surface area contributed by atoms with E-state index in [1.165, 1.54) is 11.0 Å². The second-order valence-corrected chi connectivity index (χ2v) is 8.66. The number of fused-ring (bicyclic) bond motifs is 3. The van der Waals surface area contributed by atoms with Crippen LogP contribution in [-0.4, -0.2) is 47.9 Å². The number of amides is 2. The number of hydrogen-bond acceptors (Lipinski definition) is 6. The van der Waals surface area contributed by atoms with Crippen molar-refractivity contribution in [2.45, 2.75) is 43.8 Å². The van der Waals surface area contributed by atoms with Crippen LogP contribution in [0.1, 0.15) is 47.9 Å². The fraction of sp³-hybridized carbons (Fsp3) is 0.524. The number of aldehydes is 1. The number of Topliss-reactive ketones (excluding diaryl/α,β-unsaturated/α-hetero) is 1. The third-order valence-electron chi connectivity index (χ3n) is 7.14. The van der Waals surface area contributed by atoms with Crippen LogP contribution in [0.3, 0.4) is 0 Å². The molecular formula is C21H21F2N3O4. The number of benzene rings is 1. The number of rotatable bonds is 4. The summed E-state index contributed by atoms with van der Waals surface area (Å²) in [5.41, 5.74) is 1.04. The Balaban J connectivity index is 1.61. The van der Waals surface area contributed by atoms with Crippen LogP contribution in [0.5, 0.6) is 0 Å².